The summed E-state index contributed by atoms with van der Waals surface area (Å²) in [6, 6.07) is 0.714. The summed E-state index contributed by atoms with van der Waals surface area (Å²) < 4.78 is 2.28. The first-order valence-electron chi connectivity index (χ1n) is 5.26. The van der Waals surface area contributed by atoms with Crippen molar-refractivity contribution in [1.29, 1.82) is 0 Å². The second-order valence-electron chi connectivity index (χ2n) is 3.84. The Morgan fingerprint density at radius 3 is 2.69 bits per heavy atom. The second kappa shape index (κ2) is 3.48. The summed E-state index contributed by atoms with van der Waals surface area (Å²) in [6.45, 7) is 4.44. The summed E-state index contributed by atoms with van der Waals surface area (Å²) in [5.41, 5.74) is 0. The maximum absolute atomic E-state index is 4.23. The van der Waals surface area contributed by atoms with Crippen LogP contribution in [0.1, 0.15) is 57.3 Å². The molecule has 0 radical (unpaired) electrons. The first-order chi connectivity index (χ1) is 6.36. The molecular formula is C10H17N3. The van der Waals surface area contributed by atoms with E-state index < -0.39 is 0 Å². The molecule has 0 unspecified atom stereocenters. The summed E-state index contributed by atoms with van der Waals surface area (Å²) >= 11 is 0. The van der Waals surface area contributed by atoms with Gasteiger partial charge >= 0.3 is 0 Å². The summed E-state index contributed by atoms with van der Waals surface area (Å²) in [4.78, 5) is 0. The van der Waals surface area contributed by atoms with Crippen molar-refractivity contribution in [2.75, 3.05) is 0 Å². The quantitative estimate of drug-likeness (QED) is 0.711. The van der Waals surface area contributed by atoms with Crippen molar-refractivity contribution < 1.29 is 0 Å². The van der Waals surface area contributed by atoms with E-state index in [1.54, 1.807) is 0 Å². The van der Waals surface area contributed by atoms with Crippen LogP contribution in [0.15, 0.2) is 6.33 Å². The molecule has 1 heterocycles. The van der Waals surface area contributed by atoms with Gasteiger partial charge in [0.15, 0.2) is 0 Å². The van der Waals surface area contributed by atoms with E-state index in [0.717, 1.165) is 0 Å². The van der Waals surface area contributed by atoms with E-state index in [1.165, 1.54) is 31.5 Å². The van der Waals surface area contributed by atoms with E-state index in [-0.39, 0.29) is 0 Å². The molecule has 0 aromatic carbocycles. The zero-order chi connectivity index (χ0) is 9.26. The minimum absolute atomic E-state index is 0.600. The molecule has 1 aromatic rings. The molecule has 1 saturated carbocycles. The van der Waals surface area contributed by atoms with E-state index in [2.05, 4.69) is 28.6 Å². The van der Waals surface area contributed by atoms with Crippen LogP contribution < -0.4 is 0 Å². The van der Waals surface area contributed by atoms with Gasteiger partial charge in [-0.1, -0.05) is 13.8 Å². The summed E-state index contributed by atoms with van der Waals surface area (Å²) in [5, 5.41) is 8.25. The highest BCUT2D eigenvalue weighted by molar-refractivity contribution is 5.00. The first kappa shape index (κ1) is 8.73. The molecule has 0 bridgehead atoms. The molecule has 1 aliphatic rings. The Kier molecular flexibility index (Phi) is 2.34. The van der Waals surface area contributed by atoms with Crippen molar-refractivity contribution >= 4 is 0 Å². The SMILES string of the molecule is CCC(CC)c1nncn1C1CC1. The van der Waals surface area contributed by atoms with Gasteiger partial charge in [-0.25, -0.2) is 0 Å². The van der Waals surface area contributed by atoms with Gasteiger partial charge in [0.25, 0.3) is 0 Å². The molecule has 3 nitrogen and oxygen atoms in total. The fraction of sp³-hybridized carbons (Fsp3) is 0.800. The molecule has 2 rings (SSSR count). The highest BCUT2D eigenvalue weighted by Crippen LogP contribution is 2.37. The van der Waals surface area contributed by atoms with Crippen LogP contribution in [0.3, 0.4) is 0 Å². The molecule has 0 spiro atoms. The number of rotatable bonds is 4. The molecule has 0 saturated heterocycles. The van der Waals surface area contributed by atoms with Crippen molar-refractivity contribution in [3.8, 4) is 0 Å². The van der Waals surface area contributed by atoms with Crippen LogP contribution in [0.2, 0.25) is 0 Å². The largest absolute Gasteiger partial charge is 0.314 e. The highest BCUT2D eigenvalue weighted by atomic mass is 15.3. The monoisotopic (exact) mass is 179 g/mol. The van der Waals surface area contributed by atoms with Crippen molar-refractivity contribution in [2.24, 2.45) is 0 Å². The molecule has 0 atom stereocenters. The van der Waals surface area contributed by atoms with Gasteiger partial charge in [-0.15, -0.1) is 10.2 Å². The summed E-state index contributed by atoms with van der Waals surface area (Å²) in [7, 11) is 0. The van der Waals surface area contributed by atoms with Crippen LogP contribution >= 0.6 is 0 Å². The Labute approximate surface area is 79.2 Å². The third-order valence-corrected chi connectivity index (χ3v) is 2.89. The molecule has 1 aromatic heterocycles. The third-order valence-electron chi connectivity index (χ3n) is 2.89. The second-order valence-corrected chi connectivity index (χ2v) is 3.84. The fourth-order valence-electron chi connectivity index (χ4n) is 1.83. The standard InChI is InChI=1S/C10H17N3/c1-3-8(4-2)10-12-11-7-13(10)9-5-6-9/h7-9H,3-6H2,1-2H3. The average molecular weight is 179 g/mol. The molecule has 1 aliphatic carbocycles. The number of hydrogen-bond acceptors (Lipinski definition) is 2. The van der Waals surface area contributed by atoms with Crippen LogP contribution in [0.4, 0.5) is 0 Å². The molecular weight excluding hydrogens is 162 g/mol. The zero-order valence-electron chi connectivity index (χ0n) is 8.40. The fourth-order valence-corrected chi connectivity index (χ4v) is 1.83. The predicted molar refractivity (Wildman–Crippen MR) is 51.6 cm³/mol. The molecule has 0 aliphatic heterocycles. The van der Waals surface area contributed by atoms with Crippen LogP contribution in [0.25, 0.3) is 0 Å². The molecule has 3 heteroatoms. The molecule has 0 N–H and O–H groups in total. The van der Waals surface area contributed by atoms with Gasteiger partial charge in [0.05, 0.1) is 0 Å². The Morgan fingerprint density at radius 1 is 1.46 bits per heavy atom. The van der Waals surface area contributed by atoms with E-state index in [1.807, 2.05) is 6.33 Å². The smallest absolute Gasteiger partial charge is 0.136 e. The van der Waals surface area contributed by atoms with Crippen molar-refractivity contribution in [3.63, 3.8) is 0 Å². The lowest BCUT2D eigenvalue weighted by atomic mass is 10.0. The van der Waals surface area contributed by atoms with E-state index in [4.69, 9.17) is 0 Å². The van der Waals surface area contributed by atoms with E-state index in [0.29, 0.717) is 12.0 Å². The molecule has 13 heavy (non-hydrogen) atoms. The normalized spacial score (nSPS) is 16.8. The van der Waals surface area contributed by atoms with E-state index in [9.17, 15) is 0 Å². The zero-order valence-corrected chi connectivity index (χ0v) is 8.40. The topological polar surface area (TPSA) is 30.7 Å². The van der Waals surface area contributed by atoms with Gasteiger partial charge in [0, 0.05) is 12.0 Å². The summed E-state index contributed by atoms with van der Waals surface area (Å²) in [6.07, 6.45) is 6.85. The molecule has 1 fully saturated rings. The molecule has 0 amide bonds. The third kappa shape index (κ3) is 1.60. The van der Waals surface area contributed by atoms with Crippen LogP contribution in [-0.4, -0.2) is 14.8 Å². The highest BCUT2D eigenvalue weighted by Gasteiger charge is 2.27. The summed E-state index contributed by atoms with van der Waals surface area (Å²) in [5.74, 6) is 1.80. The Morgan fingerprint density at radius 2 is 2.15 bits per heavy atom. The lowest BCUT2D eigenvalue weighted by Crippen LogP contribution is -2.06. The first-order valence-corrected chi connectivity index (χ1v) is 5.26. The van der Waals surface area contributed by atoms with Gasteiger partial charge in [-0.05, 0) is 25.7 Å². The Bertz CT molecular complexity index is 271. The average Bonchev–Trinajstić information content (AvgIpc) is 2.89. The lowest BCUT2D eigenvalue weighted by molar-refractivity contribution is 0.551. The maximum Gasteiger partial charge on any atom is 0.136 e. The van der Waals surface area contributed by atoms with Gasteiger partial charge in [-0.3, -0.25) is 0 Å². The van der Waals surface area contributed by atoms with Crippen LogP contribution in [0, 0.1) is 0 Å². The van der Waals surface area contributed by atoms with Crippen molar-refractivity contribution in [1.82, 2.24) is 14.8 Å². The van der Waals surface area contributed by atoms with Crippen LogP contribution in [-0.2, 0) is 0 Å². The molecule has 72 valence electrons. The number of aromatic nitrogens is 3. The van der Waals surface area contributed by atoms with Crippen molar-refractivity contribution in [3.05, 3.63) is 12.2 Å². The van der Waals surface area contributed by atoms with Gasteiger partial charge in [0.2, 0.25) is 0 Å². The minimum atomic E-state index is 0.600. The lowest BCUT2D eigenvalue weighted by Gasteiger charge is -2.12. The number of nitrogens with zero attached hydrogens (tertiary/aromatic N) is 3. The maximum atomic E-state index is 4.23. The number of hydrogen-bond donors (Lipinski definition) is 0. The Hall–Kier alpha value is -0.860. The van der Waals surface area contributed by atoms with Gasteiger partial charge < -0.3 is 4.57 Å². The van der Waals surface area contributed by atoms with Crippen LogP contribution in [0.5, 0.6) is 0 Å². The van der Waals surface area contributed by atoms with E-state index >= 15 is 0 Å². The van der Waals surface area contributed by atoms with Gasteiger partial charge in [0.1, 0.15) is 12.2 Å². The van der Waals surface area contributed by atoms with Gasteiger partial charge in [-0.2, -0.15) is 0 Å². The minimum Gasteiger partial charge on any atom is -0.314 e. The Balaban J connectivity index is 2.21. The predicted octanol–water partition coefficient (Wildman–Crippen LogP) is 2.52. The van der Waals surface area contributed by atoms with Crippen molar-refractivity contribution in [2.45, 2.75) is 51.5 Å².